The molecule has 1 aliphatic rings. The third-order valence-corrected chi connectivity index (χ3v) is 4.92. The molecule has 2 aromatic heterocycles. The first-order valence-corrected chi connectivity index (χ1v) is 9.14. The van der Waals surface area contributed by atoms with Crippen LogP contribution in [0.2, 0.25) is 0 Å². The lowest BCUT2D eigenvalue weighted by Crippen LogP contribution is -2.29. The van der Waals surface area contributed by atoms with Gasteiger partial charge in [0.15, 0.2) is 5.65 Å². The highest BCUT2D eigenvalue weighted by Gasteiger charge is 2.19. The molecule has 0 saturated carbocycles. The van der Waals surface area contributed by atoms with E-state index in [2.05, 4.69) is 29.4 Å². The lowest BCUT2D eigenvalue weighted by atomic mass is 10.1. The van der Waals surface area contributed by atoms with Crippen LogP contribution < -0.4 is 5.32 Å². The molecule has 1 N–H and O–H groups in total. The summed E-state index contributed by atoms with van der Waals surface area (Å²) >= 11 is 0. The number of likely N-dealkylation sites (tertiary alicyclic amines) is 1. The Kier molecular flexibility index (Phi) is 4.56. The van der Waals surface area contributed by atoms with Gasteiger partial charge in [0.2, 0.25) is 5.91 Å². The molecule has 1 aromatic carbocycles. The van der Waals surface area contributed by atoms with E-state index in [1.807, 2.05) is 27.6 Å². The molecule has 1 aliphatic heterocycles. The van der Waals surface area contributed by atoms with Crippen molar-refractivity contribution >= 4 is 17.4 Å². The van der Waals surface area contributed by atoms with E-state index in [1.165, 1.54) is 5.56 Å². The summed E-state index contributed by atoms with van der Waals surface area (Å²) in [6.45, 7) is 4.46. The minimum Gasteiger partial charge on any atom is -0.369 e. The number of carbonyl (C=O) groups is 1. The third kappa shape index (κ3) is 3.14. The van der Waals surface area contributed by atoms with Crippen LogP contribution >= 0.6 is 0 Å². The van der Waals surface area contributed by atoms with Gasteiger partial charge in [-0.1, -0.05) is 24.3 Å². The molecule has 0 bridgehead atoms. The molecule has 1 amide bonds. The predicted octanol–water partition coefficient (Wildman–Crippen LogP) is 3.13. The van der Waals surface area contributed by atoms with Crippen LogP contribution in [0.25, 0.3) is 16.9 Å². The number of aromatic nitrogens is 3. The number of amides is 1. The monoisotopic (exact) mass is 349 g/mol. The lowest BCUT2D eigenvalue weighted by molar-refractivity contribution is -0.129. The zero-order valence-corrected chi connectivity index (χ0v) is 15.0. The minimum atomic E-state index is 0.225. The second-order valence-electron chi connectivity index (χ2n) is 6.69. The molecule has 6 heteroatoms. The van der Waals surface area contributed by atoms with Crippen molar-refractivity contribution in [2.75, 3.05) is 25.0 Å². The van der Waals surface area contributed by atoms with E-state index < -0.39 is 0 Å². The fraction of sp³-hybridized carbons (Fsp3) is 0.350. The molecular weight excluding hydrogens is 326 g/mol. The van der Waals surface area contributed by atoms with E-state index in [1.54, 1.807) is 12.4 Å². The van der Waals surface area contributed by atoms with Gasteiger partial charge in [-0.2, -0.15) is 0 Å². The topological polar surface area (TPSA) is 62.5 Å². The van der Waals surface area contributed by atoms with Crippen LogP contribution in [0.1, 0.15) is 24.8 Å². The fourth-order valence-corrected chi connectivity index (χ4v) is 3.51. The second-order valence-corrected chi connectivity index (χ2v) is 6.69. The van der Waals surface area contributed by atoms with Crippen molar-refractivity contribution in [3.05, 3.63) is 48.4 Å². The predicted molar refractivity (Wildman–Crippen MR) is 102 cm³/mol. The summed E-state index contributed by atoms with van der Waals surface area (Å²) in [5, 5.41) is 3.44. The molecule has 1 saturated heterocycles. The number of benzene rings is 1. The van der Waals surface area contributed by atoms with Crippen molar-refractivity contribution in [2.24, 2.45) is 0 Å². The summed E-state index contributed by atoms with van der Waals surface area (Å²) in [6.07, 6.45) is 8.13. The smallest absolute Gasteiger partial charge is 0.224 e. The van der Waals surface area contributed by atoms with E-state index in [4.69, 9.17) is 4.98 Å². The van der Waals surface area contributed by atoms with E-state index in [9.17, 15) is 4.79 Å². The maximum Gasteiger partial charge on any atom is 0.224 e. The Labute approximate surface area is 152 Å². The number of hydrogen-bond donors (Lipinski definition) is 1. The summed E-state index contributed by atoms with van der Waals surface area (Å²) in [4.78, 5) is 23.2. The van der Waals surface area contributed by atoms with Gasteiger partial charge in [-0.3, -0.25) is 14.2 Å². The molecule has 1 fully saturated rings. The summed E-state index contributed by atoms with van der Waals surface area (Å²) in [6, 6.07) is 8.20. The number of hydrogen-bond acceptors (Lipinski definition) is 4. The van der Waals surface area contributed by atoms with E-state index >= 15 is 0 Å². The molecule has 0 unspecified atom stereocenters. The van der Waals surface area contributed by atoms with E-state index in [0.29, 0.717) is 13.0 Å². The van der Waals surface area contributed by atoms with Crippen LogP contribution in [-0.4, -0.2) is 44.8 Å². The molecule has 3 heterocycles. The molecule has 6 nitrogen and oxygen atoms in total. The average Bonchev–Trinajstić information content (AvgIpc) is 3.30. The molecule has 3 aromatic rings. The molecule has 4 rings (SSSR count). The molecule has 0 spiro atoms. The Morgan fingerprint density at radius 2 is 2.04 bits per heavy atom. The molecule has 26 heavy (non-hydrogen) atoms. The van der Waals surface area contributed by atoms with Crippen molar-refractivity contribution in [2.45, 2.75) is 26.2 Å². The van der Waals surface area contributed by atoms with E-state index in [0.717, 1.165) is 48.7 Å². The van der Waals surface area contributed by atoms with Gasteiger partial charge in [0.1, 0.15) is 11.5 Å². The molecular formula is C20H23N5O. The first-order valence-electron chi connectivity index (χ1n) is 9.14. The molecule has 134 valence electrons. The summed E-state index contributed by atoms with van der Waals surface area (Å²) in [5.41, 5.74) is 3.94. The highest BCUT2D eigenvalue weighted by atomic mass is 16.2. The van der Waals surface area contributed by atoms with Crippen LogP contribution in [0.4, 0.5) is 5.82 Å². The first kappa shape index (κ1) is 16.6. The molecule has 0 aliphatic carbocycles. The van der Waals surface area contributed by atoms with Crippen molar-refractivity contribution in [1.29, 1.82) is 0 Å². The largest absolute Gasteiger partial charge is 0.369 e. The standard InChI is InChI=1S/C20H23N5O/c1-15-6-2-3-7-16(15)19-20(25-13-10-21-14-17(25)23-19)22-9-8-18(26)24-11-4-5-12-24/h2-3,6-7,10,13-14,22H,4-5,8-9,11-12H2,1H3. The zero-order chi connectivity index (χ0) is 17.9. The van der Waals surface area contributed by atoms with Gasteiger partial charge in [-0.25, -0.2) is 4.98 Å². The maximum atomic E-state index is 12.3. The van der Waals surface area contributed by atoms with Crippen LogP contribution in [0.5, 0.6) is 0 Å². The van der Waals surface area contributed by atoms with Gasteiger partial charge in [0.25, 0.3) is 0 Å². The van der Waals surface area contributed by atoms with Gasteiger partial charge < -0.3 is 10.2 Å². The zero-order valence-electron chi connectivity index (χ0n) is 15.0. The van der Waals surface area contributed by atoms with Crippen molar-refractivity contribution in [3.8, 4) is 11.3 Å². The number of nitrogens with one attached hydrogen (secondary N) is 1. The maximum absolute atomic E-state index is 12.3. The second kappa shape index (κ2) is 7.15. The Morgan fingerprint density at radius 1 is 1.23 bits per heavy atom. The lowest BCUT2D eigenvalue weighted by Gasteiger charge is -2.16. The molecule has 0 radical (unpaired) electrons. The normalized spacial score (nSPS) is 14.1. The molecule has 0 atom stereocenters. The number of rotatable bonds is 5. The SMILES string of the molecule is Cc1ccccc1-c1nc2cnccn2c1NCCC(=O)N1CCCC1. The highest BCUT2D eigenvalue weighted by Crippen LogP contribution is 2.30. The number of nitrogens with zero attached hydrogens (tertiary/aromatic N) is 4. The number of imidazole rings is 1. The van der Waals surface area contributed by atoms with Crippen LogP contribution in [0, 0.1) is 6.92 Å². The van der Waals surface area contributed by atoms with Gasteiger partial charge in [0, 0.05) is 44.0 Å². The Bertz CT molecular complexity index is 927. The van der Waals surface area contributed by atoms with Gasteiger partial charge >= 0.3 is 0 Å². The number of carbonyl (C=O) groups excluding carboxylic acids is 1. The van der Waals surface area contributed by atoms with Crippen LogP contribution in [0.15, 0.2) is 42.9 Å². The Balaban J connectivity index is 1.60. The number of aryl methyl sites for hydroxylation is 1. The third-order valence-electron chi connectivity index (χ3n) is 4.92. The van der Waals surface area contributed by atoms with Crippen molar-refractivity contribution < 1.29 is 4.79 Å². The quantitative estimate of drug-likeness (QED) is 0.769. The Morgan fingerprint density at radius 3 is 2.85 bits per heavy atom. The summed E-state index contributed by atoms with van der Waals surface area (Å²) in [5.74, 6) is 1.13. The van der Waals surface area contributed by atoms with Crippen LogP contribution in [0.3, 0.4) is 0 Å². The minimum absolute atomic E-state index is 0.225. The fourth-order valence-electron chi connectivity index (χ4n) is 3.51. The van der Waals surface area contributed by atoms with Gasteiger partial charge in [0.05, 0.1) is 6.20 Å². The summed E-state index contributed by atoms with van der Waals surface area (Å²) in [7, 11) is 0. The van der Waals surface area contributed by atoms with Gasteiger partial charge in [-0.05, 0) is 25.3 Å². The van der Waals surface area contributed by atoms with Gasteiger partial charge in [-0.15, -0.1) is 0 Å². The first-order chi connectivity index (χ1) is 12.7. The van der Waals surface area contributed by atoms with Crippen molar-refractivity contribution in [1.82, 2.24) is 19.3 Å². The van der Waals surface area contributed by atoms with Crippen molar-refractivity contribution in [3.63, 3.8) is 0 Å². The average molecular weight is 349 g/mol. The number of anilines is 1. The summed E-state index contributed by atoms with van der Waals surface area (Å²) < 4.78 is 2.00. The van der Waals surface area contributed by atoms with E-state index in [-0.39, 0.29) is 5.91 Å². The van der Waals surface area contributed by atoms with Crippen LogP contribution in [-0.2, 0) is 4.79 Å². The number of fused-ring (bicyclic) bond motifs is 1. The Hall–Kier alpha value is -2.89. The highest BCUT2D eigenvalue weighted by molar-refractivity contribution is 5.80.